The van der Waals surface area contributed by atoms with Gasteiger partial charge in [-0.2, -0.15) is 0 Å². The lowest BCUT2D eigenvalue weighted by molar-refractivity contribution is -0.145. The molecule has 0 aliphatic carbocycles. The van der Waals surface area contributed by atoms with Gasteiger partial charge in [-0.05, 0) is 35.4 Å². The van der Waals surface area contributed by atoms with Crippen LogP contribution in [0.1, 0.15) is 31.8 Å². The maximum Gasteiger partial charge on any atom is 0.326 e. The third kappa shape index (κ3) is 4.45. The Morgan fingerprint density at radius 3 is 1.91 bits per heavy atom. The normalized spacial score (nSPS) is 13.2. The van der Waals surface area contributed by atoms with Crippen LogP contribution in [0, 0.1) is 0 Å². The van der Waals surface area contributed by atoms with Crippen molar-refractivity contribution in [1.82, 2.24) is 4.90 Å². The van der Waals surface area contributed by atoms with E-state index in [2.05, 4.69) is 0 Å². The van der Waals surface area contributed by atoms with E-state index < -0.39 is 34.2 Å². The molecule has 0 radical (unpaired) electrons. The molecule has 1 heterocycles. The van der Waals surface area contributed by atoms with Crippen molar-refractivity contribution in [2.45, 2.75) is 17.3 Å². The van der Waals surface area contributed by atoms with Gasteiger partial charge >= 0.3 is 5.97 Å². The van der Waals surface area contributed by atoms with E-state index in [-0.39, 0.29) is 28.4 Å². The number of esters is 1. The summed E-state index contributed by atoms with van der Waals surface area (Å²) < 4.78 is 30.3. The molecule has 0 aromatic heterocycles. The summed E-state index contributed by atoms with van der Waals surface area (Å²) in [5.74, 6) is -1.91. The van der Waals surface area contributed by atoms with Crippen LogP contribution >= 0.6 is 0 Å². The zero-order chi connectivity index (χ0) is 22.7. The topological polar surface area (TPSA) is 97.8 Å². The Balaban J connectivity index is 1.34. The van der Waals surface area contributed by atoms with Crippen LogP contribution in [0.25, 0.3) is 0 Å². The van der Waals surface area contributed by atoms with Gasteiger partial charge in [0.05, 0.1) is 21.8 Å². The van der Waals surface area contributed by atoms with E-state index in [1.54, 1.807) is 48.5 Å². The second-order valence-corrected chi connectivity index (χ2v) is 9.28. The minimum atomic E-state index is -3.50. The molecular formula is C24H19NO6S. The number of benzene rings is 3. The lowest BCUT2D eigenvalue weighted by atomic mass is 10.1. The quantitative estimate of drug-likeness (QED) is 0.406. The highest BCUT2D eigenvalue weighted by Gasteiger charge is 2.36. The molecule has 0 saturated heterocycles. The Morgan fingerprint density at radius 2 is 1.31 bits per heavy atom. The van der Waals surface area contributed by atoms with E-state index in [0.29, 0.717) is 11.1 Å². The fourth-order valence-corrected chi connectivity index (χ4v) is 4.74. The third-order valence-corrected chi connectivity index (χ3v) is 6.75. The van der Waals surface area contributed by atoms with E-state index in [9.17, 15) is 22.8 Å². The number of hydrogen-bond donors (Lipinski definition) is 0. The number of amides is 2. The summed E-state index contributed by atoms with van der Waals surface area (Å²) in [6, 6.07) is 21.3. The fraction of sp³-hybridized carbons (Fsp3) is 0.125. The van der Waals surface area contributed by atoms with E-state index in [4.69, 9.17) is 4.74 Å². The highest BCUT2D eigenvalue weighted by Crippen LogP contribution is 2.22. The Bertz CT molecular complexity index is 1250. The Hall–Kier alpha value is -3.78. The molecule has 0 fully saturated rings. The molecule has 2 amide bonds. The SMILES string of the molecule is O=C(CN1C(=O)c2ccccc2C1=O)OCc1ccc(S(=O)(=O)Cc2ccccc2)cc1. The van der Waals surface area contributed by atoms with Crippen LogP contribution in [-0.4, -0.2) is 37.6 Å². The third-order valence-electron chi connectivity index (χ3n) is 5.05. The first-order valence-electron chi connectivity index (χ1n) is 9.81. The number of sulfone groups is 1. The van der Waals surface area contributed by atoms with Crippen molar-refractivity contribution < 1.29 is 27.5 Å². The number of fused-ring (bicyclic) bond motifs is 1. The standard InChI is InChI=1S/C24H19NO6S/c26-22(14-25-23(27)20-8-4-5-9-21(20)24(25)28)31-15-17-10-12-19(13-11-17)32(29,30)16-18-6-2-1-3-7-18/h1-13H,14-16H2. The number of ether oxygens (including phenoxy) is 1. The molecule has 1 aliphatic rings. The smallest absolute Gasteiger partial charge is 0.326 e. The first kappa shape index (κ1) is 21.5. The summed E-state index contributed by atoms with van der Waals surface area (Å²) >= 11 is 0. The largest absolute Gasteiger partial charge is 0.459 e. The number of carbonyl (C=O) groups excluding carboxylic acids is 3. The van der Waals surface area contributed by atoms with E-state index >= 15 is 0 Å². The van der Waals surface area contributed by atoms with Gasteiger partial charge in [-0.3, -0.25) is 19.3 Å². The van der Waals surface area contributed by atoms with Crippen molar-refractivity contribution in [3.05, 3.63) is 101 Å². The highest BCUT2D eigenvalue weighted by atomic mass is 32.2. The highest BCUT2D eigenvalue weighted by molar-refractivity contribution is 7.90. The van der Waals surface area contributed by atoms with Crippen molar-refractivity contribution >= 4 is 27.6 Å². The molecule has 0 atom stereocenters. The maximum atomic E-state index is 12.6. The second kappa shape index (κ2) is 8.76. The fourth-order valence-electron chi connectivity index (χ4n) is 3.39. The molecule has 8 heteroatoms. The van der Waals surface area contributed by atoms with Crippen molar-refractivity contribution in [3.63, 3.8) is 0 Å². The van der Waals surface area contributed by atoms with Crippen LogP contribution in [0.3, 0.4) is 0 Å². The van der Waals surface area contributed by atoms with Crippen LogP contribution in [0.4, 0.5) is 0 Å². The predicted molar refractivity (Wildman–Crippen MR) is 115 cm³/mol. The van der Waals surface area contributed by atoms with Crippen LogP contribution in [0.15, 0.2) is 83.8 Å². The van der Waals surface area contributed by atoms with Crippen molar-refractivity contribution in [3.8, 4) is 0 Å². The van der Waals surface area contributed by atoms with Crippen LogP contribution < -0.4 is 0 Å². The van der Waals surface area contributed by atoms with Gasteiger partial charge in [0, 0.05) is 0 Å². The number of rotatable bonds is 7. The molecule has 3 aromatic carbocycles. The molecule has 162 valence electrons. The van der Waals surface area contributed by atoms with Crippen molar-refractivity contribution in [2.75, 3.05) is 6.54 Å². The molecule has 32 heavy (non-hydrogen) atoms. The predicted octanol–water partition coefficient (Wildman–Crippen LogP) is 3.00. The van der Waals surface area contributed by atoms with Gasteiger partial charge in [0.25, 0.3) is 11.8 Å². The average molecular weight is 449 g/mol. The maximum absolute atomic E-state index is 12.6. The van der Waals surface area contributed by atoms with Crippen LogP contribution in [0.2, 0.25) is 0 Å². The van der Waals surface area contributed by atoms with Crippen LogP contribution in [0.5, 0.6) is 0 Å². The molecule has 0 saturated carbocycles. The molecule has 0 spiro atoms. The van der Waals surface area contributed by atoms with Gasteiger partial charge in [0.1, 0.15) is 13.2 Å². The van der Waals surface area contributed by atoms with Crippen molar-refractivity contribution in [2.24, 2.45) is 0 Å². The minimum Gasteiger partial charge on any atom is -0.459 e. The van der Waals surface area contributed by atoms with Gasteiger partial charge in [0.2, 0.25) is 0 Å². The first-order valence-corrected chi connectivity index (χ1v) is 11.5. The monoisotopic (exact) mass is 449 g/mol. The Labute approximate surface area is 185 Å². The molecular weight excluding hydrogens is 430 g/mol. The van der Waals surface area contributed by atoms with Gasteiger partial charge in [0.15, 0.2) is 9.84 Å². The van der Waals surface area contributed by atoms with Gasteiger partial charge in [-0.25, -0.2) is 8.42 Å². The van der Waals surface area contributed by atoms with Gasteiger partial charge < -0.3 is 4.74 Å². The summed E-state index contributed by atoms with van der Waals surface area (Å²) in [5.41, 5.74) is 1.80. The summed E-state index contributed by atoms with van der Waals surface area (Å²) in [5, 5.41) is 0. The number of carbonyl (C=O) groups is 3. The summed E-state index contributed by atoms with van der Waals surface area (Å²) in [6.07, 6.45) is 0. The first-order chi connectivity index (χ1) is 15.3. The number of hydrogen-bond acceptors (Lipinski definition) is 6. The zero-order valence-corrected chi connectivity index (χ0v) is 17.7. The van der Waals surface area contributed by atoms with Gasteiger partial charge in [-0.1, -0.05) is 54.6 Å². The number of imide groups is 1. The molecule has 3 aromatic rings. The Kier molecular flexibility index (Phi) is 5.87. The lowest BCUT2D eigenvalue weighted by Gasteiger charge is -2.13. The molecule has 0 unspecified atom stereocenters. The molecule has 1 aliphatic heterocycles. The minimum absolute atomic E-state index is 0.109. The summed E-state index contributed by atoms with van der Waals surface area (Å²) in [7, 11) is -3.50. The van der Waals surface area contributed by atoms with Crippen molar-refractivity contribution in [1.29, 1.82) is 0 Å². The van der Waals surface area contributed by atoms with Crippen LogP contribution in [-0.2, 0) is 31.7 Å². The second-order valence-electron chi connectivity index (χ2n) is 7.29. The summed E-state index contributed by atoms with van der Waals surface area (Å²) in [6.45, 7) is -0.600. The average Bonchev–Trinajstić information content (AvgIpc) is 3.03. The lowest BCUT2D eigenvalue weighted by Crippen LogP contribution is -2.35. The zero-order valence-electron chi connectivity index (χ0n) is 16.9. The molecule has 7 nitrogen and oxygen atoms in total. The summed E-state index contributed by atoms with van der Waals surface area (Å²) in [4.78, 5) is 37.8. The van der Waals surface area contributed by atoms with Gasteiger partial charge in [-0.15, -0.1) is 0 Å². The van der Waals surface area contributed by atoms with E-state index in [1.807, 2.05) is 6.07 Å². The molecule has 0 bridgehead atoms. The Morgan fingerprint density at radius 1 is 0.750 bits per heavy atom. The molecule has 0 N–H and O–H groups in total. The molecule has 4 rings (SSSR count). The number of nitrogens with zero attached hydrogens (tertiary/aromatic N) is 1. The van der Waals surface area contributed by atoms with E-state index in [0.717, 1.165) is 4.90 Å². The van der Waals surface area contributed by atoms with E-state index in [1.165, 1.54) is 24.3 Å².